The third kappa shape index (κ3) is 5.58. The average Bonchev–Trinajstić information content (AvgIpc) is 3.29. The highest BCUT2D eigenvalue weighted by atomic mass is 16.5. The molecule has 0 bridgehead atoms. The summed E-state index contributed by atoms with van der Waals surface area (Å²) in [4.78, 5) is 7.42. The van der Waals surface area contributed by atoms with E-state index in [1.807, 2.05) is 0 Å². The molecule has 3 aliphatic rings. The van der Waals surface area contributed by atoms with Crippen molar-refractivity contribution in [3.8, 4) is 0 Å². The molecule has 0 aromatic rings. The number of nitrogens with zero attached hydrogens (tertiary/aromatic N) is 2. The molecular formula is C20H37N3O2. The summed E-state index contributed by atoms with van der Waals surface area (Å²) < 4.78 is 11.8. The Morgan fingerprint density at radius 1 is 1.20 bits per heavy atom. The fourth-order valence-electron chi connectivity index (χ4n) is 4.33. The Kier molecular flexibility index (Phi) is 7.00. The number of nitrogens with one attached hydrogen (secondary N) is 1. The van der Waals surface area contributed by atoms with Gasteiger partial charge in [0.05, 0.1) is 18.8 Å². The van der Waals surface area contributed by atoms with Gasteiger partial charge in [0.2, 0.25) is 0 Å². The fourth-order valence-corrected chi connectivity index (χ4v) is 4.33. The maximum Gasteiger partial charge on any atom is 0.193 e. The molecule has 1 atom stereocenters. The molecule has 1 unspecified atom stereocenters. The molecule has 25 heavy (non-hydrogen) atoms. The zero-order valence-electron chi connectivity index (χ0n) is 16.3. The summed E-state index contributed by atoms with van der Waals surface area (Å²) in [6, 6.07) is 0. The molecule has 2 saturated heterocycles. The van der Waals surface area contributed by atoms with Crippen LogP contribution in [0.2, 0.25) is 0 Å². The summed E-state index contributed by atoms with van der Waals surface area (Å²) in [5, 5.41) is 3.50. The van der Waals surface area contributed by atoms with Gasteiger partial charge in [-0.2, -0.15) is 0 Å². The number of hydrogen-bond donors (Lipinski definition) is 1. The molecule has 0 aromatic heterocycles. The summed E-state index contributed by atoms with van der Waals surface area (Å²) in [5.41, 5.74) is 0.420. The highest BCUT2D eigenvalue weighted by Crippen LogP contribution is 2.37. The van der Waals surface area contributed by atoms with Gasteiger partial charge in [0, 0.05) is 32.8 Å². The van der Waals surface area contributed by atoms with Crippen molar-refractivity contribution in [2.24, 2.45) is 10.4 Å². The first kappa shape index (κ1) is 19.0. The van der Waals surface area contributed by atoms with Crippen LogP contribution in [0.1, 0.15) is 65.2 Å². The summed E-state index contributed by atoms with van der Waals surface area (Å²) in [6.07, 6.45) is 10.7. The molecule has 0 spiro atoms. The van der Waals surface area contributed by atoms with Crippen LogP contribution in [-0.2, 0) is 9.47 Å². The van der Waals surface area contributed by atoms with Gasteiger partial charge in [-0.15, -0.1) is 0 Å². The van der Waals surface area contributed by atoms with Crippen LogP contribution in [0, 0.1) is 5.41 Å². The minimum Gasteiger partial charge on any atom is -0.376 e. The lowest BCUT2D eigenvalue weighted by Gasteiger charge is -2.35. The van der Waals surface area contributed by atoms with Crippen molar-refractivity contribution in [3.63, 3.8) is 0 Å². The Balaban J connectivity index is 1.44. The van der Waals surface area contributed by atoms with Crippen molar-refractivity contribution in [3.05, 3.63) is 0 Å². The van der Waals surface area contributed by atoms with E-state index in [0.717, 1.165) is 64.6 Å². The fraction of sp³-hybridized carbons (Fsp3) is 0.950. The summed E-state index contributed by atoms with van der Waals surface area (Å²) in [7, 11) is 0. The molecule has 5 nitrogen and oxygen atoms in total. The zero-order chi connectivity index (χ0) is 17.5. The van der Waals surface area contributed by atoms with Crippen LogP contribution < -0.4 is 5.32 Å². The topological polar surface area (TPSA) is 46.1 Å². The van der Waals surface area contributed by atoms with E-state index >= 15 is 0 Å². The first-order chi connectivity index (χ1) is 12.2. The van der Waals surface area contributed by atoms with Crippen LogP contribution in [0.3, 0.4) is 0 Å². The van der Waals surface area contributed by atoms with E-state index in [1.165, 1.54) is 32.1 Å². The van der Waals surface area contributed by atoms with Gasteiger partial charge < -0.3 is 19.7 Å². The predicted octanol–water partition coefficient (Wildman–Crippen LogP) is 3.19. The molecule has 1 aliphatic carbocycles. The third-order valence-corrected chi connectivity index (χ3v) is 6.04. The van der Waals surface area contributed by atoms with Gasteiger partial charge in [-0.25, -0.2) is 0 Å². The maximum absolute atomic E-state index is 6.10. The lowest BCUT2D eigenvalue weighted by atomic mass is 9.89. The Morgan fingerprint density at radius 3 is 2.60 bits per heavy atom. The van der Waals surface area contributed by atoms with Crippen LogP contribution in [-0.4, -0.2) is 62.5 Å². The SMILES string of the molecule is CCNC(=NCC1(C)CCCC1)N1CCC(OCC2CCCO2)CC1. The van der Waals surface area contributed by atoms with Crippen molar-refractivity contribution in [2.75, 3.05) is 39.4 Å². The third-order valence-electron chi connectivity index (χ3n) is 6.04. The quantitative estimate of drug-likeness (QED) is 0.590. The zero-order valence-corrected chi connectivity index (χ0v) is 16.3. The van der Waals surface area contributed by atoms with E-state index in [-0.39, 0.29) is 0 Å². The van der Waals surface area contributed by atoms with E-state index in [2.05, 4.69) is 24.1 Å². The van der Waals surface area contributed by atoms with Crippen molar-refractivity contribution in [1.29, 1.82) is 0 Å². The van der Waals surface area contributed by atoms with E-state index in [1.54, 1.807) is 0 Å². The summed E-state index contributed by atoms with van der Waals surface area (Å²) >= 11 is 0. The van der Waals surface area contributed by atoms with Crippen LogP contribution >= 0.6 is 0 Å². The standard InChI is InChI=1S/C20H37N3O2/c1-3-21-19(22-16-20(2)10-4-5-11-20)23-12-8-17(9-13-23)25-15-18-7-6-14-24-18/h17-18H,3-16H2,1-2H3,(H,21,22). The second-order valence-electron chi connectivity index (χ2n) is 8.34. The van der Waals surface area contributed by atoms with Gasteiger partial charge in [-0.3, -0.25) is 4.99 Å². The molecule has 3 rings (SSSR count). The minimum absolute atomic E-state index is 0.337. The summed E-state index contributed by atoms with van der Waals surface area (Å²) in [5.74, 6) is 1.10. The van der Waals surface area contributed by atoms with Crippen molar-refractivity contribution < 1.29 is 9.47 Å². The van der Waals surface area contributed by atoms with E-state index in [4.69, 9.17) is 14.5 Å². The molecule has 144 valence electrons. The smallest absolute Gasteiger partial charge is 0.193 e. The van der Waals surface area contributed by atoms with Crippen molar-refractivity contribution in [2.45, 2.75) is 77.4 Å². The first-order valence-corrected chi connectivity index (χ1v) is 10.4. The van der Waals surface area contributed by atoms with Crippen LogP contribution in [0.25, 0.3) is 0 Å². The van der Waals surface area contributed by atoms with Gasteiger partial charge in [-0.1, -0.05) is 19.8 Å². The monoisotopic (exact) mass is 351 g/mol. The maximum atomic E-state index is 6.10. The van der Waals surface area contributed by atoms with Crippen LogP contribution in [0.5, 0.6) is 0 Å². The Morgan fingerprint density at radius 2 is 1.96 bits per heavy atom. The molecule has 5 heteroatoms. The molecule has 0 aromatic carbocycles. The number of guanidine groups is 1. The molecule has 1 saturated carbocycles. The number of piperidine rings is 1. The number of rotatable bonds is 6. The molecular weight excluding hydrogens is 314 g/mol. The van der Waals surface area contributed by atoms with Crippen molar-refractivity contribution in [1.82, 2.24) is 10.2 Å². The summed E-state index contributed by atoms with van der Waals surface area (Å²) in [6.45, 7) is 10.2. The molecule has 2 aliphatic heterocycles. The second-order valence-corrected chi connectivity index (χ2v) is 8.34. The van der Waals surface area contributed by atoms with E-state index in [9.17, 15) is 0 Å². The van der Waals surface area contributed by atoms with Crippen LogP contribution in [0.4, 0.5) is 0 Å². The normalized spacial score (nSPS) is 27.8. The van der Waals surface area contributed by atoms with Crippen LogP contribution in [0.15, 0.2) is 4.99 Å². The number of likely N-dealkylation sites (tertiary alicyclic amines) is 1. The van der Waals surface area contributed by atoms with E-state index < -0.39 is 0 Å². The van der Waals surface area contributed by atoms with Gasteiger partial charge >= 0.3 is 0 Å². The van der Waals surface area contributed by atoms with Gasteiger partial charge in [-0.05, 0) is 50.9 Å². The Labute approximate surface area is 153 Å². The predicted molar refractivity (Wildman–Crippen MR) is 102 cm³/mol. The second kappa shape index (κ2) is 9.22. The first-order valence-electron chi connectivity index (χ1n) is 10.4. The molecule has 3 fully saturated rings. The molecule has 0 radical (unpaired) electrons. The largest absolute Gasteiger partial charge is 0.376 e. The lowest BCUT2D eigenvalue weighted by molar-refractivity contribution is -0.0367. The Bertz CT molecular complexity index is 421. The lowest BCUT2D eigenvalue weighted by Crippen LogP contribution is -2.47. The number of aliphatic imine (C=N–C) groups is 1. The van der Waals surface area contributed by atoms with Crippen molar-refractivity contribution >= 4 is 5.96 Å². The average molecular weight is 352 g/mol. The number of hydrogen-bond acceptors (Lipinski definition) is 3. The highest BCUT2D eigenvalue weighted by Gasteiger charge is 2.29. The molecule has 0 amide bonds. The van der Waals surface area contributed by atoms with Gasteiger partial charge in [0.1, 0.15) is 0 Å². The van der Waals surface area contributed by atoms with Gasteiger partial charge in [0.25, 0.3) is 0 Å². The Hall–Kier alpha value is -0.810. The molecule has 2 heterocycles. The minimum atomic E-state index is 0.337. The van der Waals surface area contributed by atoms with E-state index in [0.29, 0.717) is 17.6 Å². The highest BCUT2D eigenvalue weighted by molar-refractivity contribution is 5.80. The van der Waals surface area contributed by atoms with Gasteiger partial charge in [0.15, 0.2) is 5.96 Å². The number of ether oxygens (including phenoxy) is 2. The molecule has 1 N–H and O–H groups in total.